The molecule has 0 saturated carbocycles. The van der Waals surface area contributed by atoms with E-state index in [0.29, 0.717) is 31.0 Å². The van der Waals surface area contributed by atoms with Crippen molar-refractivity contribution in [1.82, 2.24) is 14.5 Å². The average Bonchev–Trinajstić information content (AvgIpc) is 3.21. The Morgan fingerprint density at radius 2 is 1.76 bits per heavy atom. The predicted molar refractivity (Wildman–Crippen MR) is 104 cm³/mol. The third-order valence-corrected chi connectivity index (χ3v) is 4.08. The lowest BCUT2D eigenvalue weighted by atomic mass is 10.3. The maximum Gasteiger partial charge on any atom is 0.305 e. The molecule has 29 heavy (non-hydrogen) atoms. The molecular formula is C18H23N5O6. The molecule has 2 aromatic rings. The van der Waals surface area contributed by atoms with Crippen molar-refractivity contribution in [2.45, 2.75) is 19.8 Å². The quantitative estimate of drug-likeness (QED) is 0.281. The molecule has 0 aliphatic carbocycles. The van der Waals surface area contributed by atoms with Crippen LogP contribution in [0.2, 0.25) is 0 Å². The number of aromatic nitrogens is 2. The number of esters is 1. The van der Waals surface area contributed by atoms with Gasteiger partial charge >= 0.3 is 5.97 Å². The molecule has 0 aliphatic heterocycles. The van der Waals surface area contributed by atoms with Gasteiger partial charge in [-0.25, -0.2) is 0 Å². The van der Waals surface area contributed by atoms with Crippen molar-refractivity contribution < 1.29 is 24.0 Å². The molecule has 0 radical (unpaired) electrons. The normalized spacial score (nSPS) is 10.4. The van der Waals surface area contributed by atoms with E-state index in [1.165, 1.54) is 29.9 Å². The van der Waals surface area contributed by atoms with E-state index in [4.69, 9.17) is 4.74 Å². The minimum atomic E-state index is -0.580. The van der Waals surface area contributed by atoms with E-state index < -0.39 is 10.8 Å². The van der Waals surface area contributed by atoms with E-state index in [2.05, 4.69) is 10.6 Å². The van der Waals surface area contributed by atoms with E-state index >= 15 is 0 Å². The van der Waals surface area contributed by atoms with E-state index in [-0.39, 0.29) is 29.7 Å². The number of nitro groups is 1. The number of nitrogens with one attached hydrogen (secondary N) is 2. The van der Waals surface area contributed by atoms with Crippen LogP contribution in [0.3, 0.4) is 0 Å². The van der Waals surface area contributed by atoms with Gasteiger partial charge in [0.05, 0.1) is 23.4 Å². The number of amides is 2. The molecule has 0 bridgehead atoms. The van der Waals surface area contributed by atoms with Crippen molar-refractivity contribution in [1.29, 1.82) is 0 Å². The number of anilines is 1. The van der Waals surface area contributed by atoms with Crippen molar-refractivity contribution in [3.05, 3.63) is 46.0 Å². The van der Waals surface area contributed by atoms with E-state index in [1.54, 1.807) is 24.7 Å². The Bertz CT molecular complexity index is 929. The molecule has 0 saturated heterocycles. The molecule has 2 aromatic heterocycles. The second-order valence-electron chi connectivity index (χ2n) is 6.30. The SMILES string of the molecule is CCOC(=O)CCCNC(=O)c1cc(NC(=O)c2cc([N+](=O)[O-])cn2C)cn1C. The maximum absolute atomic E-state index is 12.4. The van der Waals surface area contributed by atoms with Gasteiger partial charge in [0, 0.05) is 39.3 Å². The topological polar surface area (TPSA) is 138 Å². The zero-order valence-electron chi connectivity index (χ0n) is 16.4. The zero-order valence-corrected chi connectivity index (χ0v) is 16.4. The van der Waals surface area contributed by atoms with Crippen LogP contribution in [0.15, 0.2) is 24.5 Å². The smallest absolute Gasteiger partial charge is 0.305 e. The monoisotopic (exact) mass is 405 g/mol. The molecule has 11 nitrogen and oxygen atoms in total. The van der Waals surface area contributed by atoms with Crippen molar-refractivity contribution in [3.8, 4) is 0 Å². The van der Waals surface area contributed by atoms with Gasteiger partial charge in [-0.3, -0.25) is 24.5 Å². The fourth-order valence-corrected chi connectivity index (χ4v) is 2.68. The molecule has 0 atom stereocenters. The highest BCUT2D eigenvalue weighted by Gasteiger charge is 2.19. The maximum atomic E-state index is 12.4. The number of carbonyl (C=O) groups excluding carboxylic acids is 3. The largest absolute Gasteiger partial charge is 0.466 e. The van der Waals surface area contributed by atoms with Gasteiger partial charge in [-0.1, -0.05) is 0 Å². The molecule has 2 heterocycles. The lowest BCUT2D eigenvalue weighted by Gasteiger charge is -2.05. The van der Waals surface area contributed by atoms with Crippen molar-refractivity contribution >= 4 is 29.2 Å². The summed E-state index contributed by atoms with van der Waals surface area (Å²) in [6, 6.07) is 2.67. The lowest BCUT2D eigenvalue weighted by molar-refractivity contribution is -0.384. The summed E-state index contributed by atoms with van der Waals surface area (Å²) >= 11 is 0. The van der Waals surface area contributed by atoms with Gasteiger partial charge in [0.2, 0.25) is 0 Å². The first-order valence-corrected chi connectivity index (χ1v) is 8.95. The highest BCUT2D eigenvalue weighted by molar-refractivity contribution is 6.04. The first-order valence-electron chi connectivity index (χ1n) is 8.95. The Morgan fingerprint density at radius 1 is 1.10 bits per heavy atom. The standard InChI is InChI=1S/C18H23N5O6/c1-4-29-16(24)6-5-7-19-17(25)14-8-12(10-21(14)2)20-18(26)15-9-13(23(27)28)11-22(15)3/h8-11H,4-7H2,1-3H3,(H,19,25)(H,20,26). The van der Waals surface area contributed by atoms with Gasteiger partial charge in [-0.2, -0.15) is 0 Å². The van der Waals surface area contributed by atoms with Gasteiger partial charge in [-0.15, -0.1) is 0 Å². The van der Waals surface area contributed by atoms with Gasteiger partial charge in [0.15, 0.2) is 0 Å². The number of carbonyl (C=O) groups is 3. The molecule has 0 unspecified atom stereocenters. The summed E-state index contributed by atoms with van der Waals surface area (Å²) < 4.78 is 7.72. The molecule has 0 spiro atoms. The van der Waals surface area contributed by atoms with Gasteiger partial charge < -0.3 is 24.5 Å². The predicted octanol–water partition coefficient (Wildman–Crippen LogP) is 1.60. The third kappa shape index (κ3) is 5.67. The Hall–Kier alpha value is -3.63. The molecule has 11 heteroatoms. The van der Waals surface area contributed by atoms with Crippen LogP contribution in [0.25, 0.3) is 0 Å². The Labute approximate surface area is 166 Å². The zero-order chi connectivity index (χ0) is 21.6. The Kier molecular flexibility index (Phi) is 7.12. The second-order valence-corrected chi connectivity index (χ2v) is 6.30. The number of ether oxygens (including phenoxy) is 1. The molecule has 0 aliphatic rings. The van der Waals surface area contributed by atoms with E-state index in [1.807, 2.05) is 0 Å². The van der Waals surface area contributed by atoms with Crippen LogP contribution in [-0.4, -0.2) is 45.0 Å². The number of hydrogen-bond acceptors (Lipinski definition) is 6. The number of aryl methyl sites for hydroxylation is 2. The van der Waals surface area contributed by atoms with Crippen LogP contribution in [0.1, 0.15) is 40.7 Å². The van der Waals surface area contributed by atoms with Gasteiger partial charge in [0.25, 0.3) is 17.5 Å². The number of nitrogens with zero attached hydrogens (tertiary/aromatic N) is 3. The molecule has 2 N–H and O–H groups in total. The van der Waals surface area contributed by atoms with Crippen LogP contribution in [0, 0.1) is 10.1 Å². The lowest BCUT2D eigenvalue weighted by Crippen LogP contribution is -2.26. The van der Waals surface area contributed by atoms with Crippen LogP contribution >= 0.6 is 0 Å². The molecule has 2 rings (SSSR count). The fourth-order valence-electron chi connectivity index (χ4n) is 2.68. The van der Waals surface area contributed by atoms with Crippen LogP contribution < -0.4 is 10.6 Å². The van der Waals surface area contributed by atoms with Crippen LogP contribution in [0.5, 0.6) is 0 Å². The summed E-state index contributed by atoms with van der Waals surface area (Å²) in [6.07, 6.45) is 3.47. The molecule has 0 fully saturated rings. The minimum absolute atomic E-state index is 0.116. The molecule has 2 amide bonds. The van der Waals surface area contributed by atoms with Crippen LogP contribution in [-0.2, 0) is 23.6 Å². The molecule has 0 aromatic carbocycles. The molecular weight excluding hydrogens is 382 g/mol. The Morgan fingerprint density at radius 3 is 2.38 bits per heavy atom. The van der Waals surface area contributed by atoms with Gasteiger partial charge in [0.1, 0.15) is 11.4 Å². The first-order chi connectivity index (χ1) is 13.7. The number of hydrogen-bond donors (Lipinski definition) is 2. The van der Waals surface area contributed by atoms with Gasteiger partial charge in [-0.05, 0) is 19.4 Å². The summed E-state index contributed by atoms with van der Waals surface area (Å²) in [5.41, 5.74) is 0.617. The Balaban J connectivity index is 1.95. The van der Waals surface area contributed by atoms with Crippen molar-refractivity contribution in [2.75, 3.05) is 18.5 Å². The molecule has 156 valence electrons. The van der Waals surface area contributed by atoms with Crippen LogP contribution in [0.4, 0.5) is 11.4 Å². The summed E-state index contributed by atoms with van der Waals surface area (Å²) in [4.78, 5) is 46.2. The average molecular weight is 405 g/mol. The first kappa shape index (κ1) is 21.7. The van der Waals surface area contributed by atoms with Crippen molar-refractivity contribution in [3.63, 3.8) is 0 Å². The highest BCUT2D eigenvalue weighted by atomic mass is 16.6. The fraction of sp³-hybridized carbons (Fsp3) is 0.389. The summed E-state index contributed by atoms with van der Waals surface area (Å²) in [5.74, 6) is -1.20. The van der Waals surface area contributed by atoms with E-state index in [9.17, 15) is 24.5 Å². The van der Waals surface area contributed by atoms with E-state index in [0.717, 1.165) is 0 Å². The summed E-state index contributed by atoms with van der Waals surface area (Å²) in [7, 11) is 3.18. The number of rotatable bonds is 9. The third-order valence-electron chi connectivity index (χ3n) is 4.08. The minimum Gasteiger partial charge on any atom is -0.466 e. The highest BCUT2D eigenvalue weighted by Crippen LogP contribution is 2.18. The summed E-state index contributed by atoms with van der Waals surface area (Å²) in [5, 5.41) is 16.2. The second kappa shape index (κ2) is 9.53. The van der Waals surface area contributed by atoms with Crippen molar-refractivity contribution in [2.24, 2.45) is 14.1 Å². The summed E-state index contributed by atoms with van der Waals surface area (Å²) in [6.45, 7) is 2.35.